The lowest BCUT2D eigenvalue weighted by Gasteiger charge is -2.20. The predicted octanol–water partition coefficient (Wildman–Crippen LogP) is 4.00. The standard InChI is InChI=1S/C24H22F3N3O7/c1-30-10-9-18(31)21(22(30)34)29-23(35)28-17(12-20(32)33)14-5-8-19(36-2)16(11-14)13-3-6-15(7-4-13)37-24(25,26)27/h3-11,17,31H,12H2,1-2H3,(H,32,33)(H2,28,29,35). The molecule has 0 aliphatic carbocycles. The van der Waals surface area contributed by atoms with Gasteiger partial charge in [-0.2, -0.15) is 0 Å². The monoisotopic (exact) mass is 521 g/mol. The van der Waals surface area contributed by atoms with Crippen LogP contribution in [0.1, 0.15) is 18.0 Å². The maximum Gasteiger partial charge on any atom is 0.573 e. The molecule has 37 heavy (non-hydrogen) atoms. The van der Waals surface area contributed by atoms with Crippen molar-refractivity contribution in [2.24, 2.45) is 7.05 Å². The van der Waals surface area contributed by atoms with Gasteiger partial charge in [0.1, 0.15) is 17.2 Å². The number of urea groups is 1. The Morgan fingerprint density at radius 1 is 1.11 bits per heavy atom. The highest BCUT2D eigenvalue weighted by molar-refractivity contribution is 5.91. The fourth-order valence-corrected chi connectivity index (χ4v) is 3.48. The number of carboxylic acid groups (broad SMARTS) is 1. The molecule has 0 aliphatic heterocycles. The van der Waals surface area contributed by atoms with Crippen LogP contribution >= 0.6 is 0 Å². The minimum Gasteiger partial charge on any atom is -0.505 e. The van der Waals surface area contributed by atoms with Gasteiger partial charge >= 0.3 is 18.4 Å². The first-order valence-corrected chi connectivity index (χ1v) is 10.6. The largest absolute Gasteiger partial charge is 0.573 e. The van der Waals surface area contributed by atoms with E-state index in [1.807, 2.05) is 0 Å². The number of carboxylic acids is 1. The van der Waals surface area contributed by atoms with Crippen LogP contribution in [0.4, 0.5) is 23.7 Å². The van der Waals surface area contributed by atoms with Crippen molar-refractivity contribution in [3.8, 4) is 28.4 Å². The summed E-state index contributed by atoms with van der Waals surface area (Å²) in [6.45, 7) is 0. The van der Waals surface area contributed by atoms with Crippen LogP contribution in [0.2, 0.25) is 0 Å². The van der Waals surface area contributed by atoms with Gasteiger partial charge in [-0.15, -0.1) is 13.2 Å². The average Bonchev–Trinajstić information content (AvgIpc) is 2.82. The van der Waals surface area contributed by atoms with Crippen molar-refractivity contribution in [3.63, 3.8) is 0 Å². The third kappa shape index (κ3) is 6.93. The molecule has 0 radical (unpaired) electrons. The zero-order valence-corrected chi connectivity index (χ0v) is 19.5. The summed E-state index contributed by atoms with van der Waals surface area (Å²) in [6.07, 6.45) is -4.10. The van der Waals surface area contributed by atoms with Gasteiger partial charge in [0.15, 0.2) is 5.69 Å². The van der Waals surface area contributed by atoms with Crippen LogP contribution in [0.25, 0.3) is 11.1 Å². The second kappa shape index (κ2) is 10.9. The number of rotatable bonds is 8. The summed E-state index contributed by atoms with van der Waals surface area (Å²) in [4.78, 5) is 36.3. The van der Waals surface area contributed by atoms with E-state index in [2.05, 4.69) is 15.4 Å². The summed E-state index contributed by atoms with van der Waals surface area (Å²) in [5, 5.41) is 24.0. The molecule has 13 heteroatoms. The quantitative estimate of drug-likeness (QED) is 0.351. The number of aromatic nitrogens is 1. The summed E-state index contributed by atoms with van der Waals surface area (Å²) in [7, 11) is 2.80. The number of anilines is 1. The first-order valence-electron chi connectivity index (χ1n) is 10.6. The number of hydrogen-bond acceptors (Lipinski definition) is 6. The third-order valence-electron chi connectivity index (χ3n) is 5.19. The molecule has 2 amide bonds. The van der Waals surface area contributed by atoms with E-state index in [-0.39, 0.29) is 0 Å². The first-order chi connectivity index (χ1) is 17.4. The third-order valence-corrected chi connectivity index (χ3v) is 5.19. The summed E-state index contributed by atoms with van der Waals surface area (Å²) in [5.74, 6) is -1.80. The predicted molar refractivity (Wildman–Crippen MR) is 126 cm³/mol. The van der Waals surface area contributed by atoms with E-state index in [0.717, 1.165) is 16.7 Å². The van der Waals surface area contributed by atoms with Gasteiger partial charge in [-0.25, -0.2) is 4.79 Å². The molecule has 1 atom stereocenters. The molecule has 10 nitrogen and oxygen atoms in total. The number of aliphatic carboxylic acids is 1. The van der Waals surface area contributed by atoms with Gasteiger partial charge in [-0.3, -0.25) is 9.59 Å². The number of pyridine rings is 1. The minimum absolute atomic E-state index is 0.328. The smallest absolute Gasteiger partial charge is 0.505 e. The fourth-order valence-electron chi connectivity index (χ4n) is 3.48. The Kier molecular flexibility index (Phi) is 7.95. The number of amides is 2. The Bertz CT molecular complexity index is 1360. The molecule has 1 aromatic heterocycles. The van der Waals surface area contributed by atoms with Crippen LogP contribution in [0.3, 0.4) is 0 Å². The second-order valence-corrected chi connectivity index (χ2v) is 7.77. The van der Waals surface area contributed by atoms with Crippen LogP contribution in [-0.2, 0) is 11.8 Å². The van der Waals surface area contributed by atoms with E-state index >= 15 is 0 Å². The second-order valence-electron chi connectivity index (χ2n) is 7.77. The van der Waals surface area contributed by atoms with Crippen LogP contribution in [0.5, 0.6) is 17.2 Å². The van der Waals surface area contributed by atoms with E-state index in [1.54, 1.807) is 0 Å². The molecule has 0 fully saturated rings. The topological polar surface area (TPSA) is 139 Å². The molecular weight excluding hydrogens is 499 g/mol. The van der Waals surface area contributed by atoms with Crippen molar-refractivity contribution in [1.82, 2.24) is 9.88 Å². The highest BCUT2D eigenvalue weighted by Crippen LogP contribution is 2.35. The van der Waals surface area contributed by atoms with Gasteiger partial charge in [-0.1, -0.05) is 18.2 Å². The molecular formula is C24H22F3N3O7. The van der Waals surface area contributed by atoms with Crippen molar-refractivity contribution >= 4 is 17.7 Å². The molecule has 2 aromatic carbocycles. The maximum absolute atomic E-state index is 12.6. The summed E-state index contributed by atoms with van der Waals surface area (Å²) in [5.41, 5.74) is 0.0899. The summed E-state index contributed by atoms with van der Waals surface area (Å²) >= 11 is 0. The number of benzene rings is 2. The Hall–Kier alpha value is -4.68. The molecule has 0 saturated carbocycles. The van der Waals surface area contributed by atoms with Crippen LogP contribution in [0, 0.1) is 0 Å². The zero-order valence-electron chi connectivity index (χ0n) is 19.5. The number of aryl methyl sites for hydroxylation is 1. The van der Waals surface area contributed by atoms with Crippen molar-refractivity contribution in [3.05, 3.63) is 70.6 Å². The first kappa shape index (κ1) is 26.9. The van der Waals surface area contributed by atoms with E-state index in [4.69, 9.17) is 4.74 Å². The van der Waals surface area contributed by atoms with Crippen LogP contribution in [0.15, 0.2) is 59.5 Å². The SMILES string of the molecule is COc1ccc(C(CC(=O)O)NC(=O)Nc2c(O)ccn(C)c2=O)cc1-c1ccc(OC(F)(F)F)cc1. The van der Waals surface area contributed by atoms with Crippen LogP contribution in [-0.4, -0.2) is 40.3 Å². The molecule has 0 saturated heterocycles. The van der Waals surface area contributed by atoms with Gasteiger partial charge in [0, 0.05) is 18.8 Å². The molecule has 196 valence electrons. The number of alkyl halides is 3. The lowest BCUT2D eigenvalue weighted by molar-refractivity contribution is -0.274. The molecule has 0 aliphatic rings. The van der Waals surface area contributed by atoms with Gasteiger partial charge < -0.3 is 34.9 Å². The molecule has 0 bridgehead atoms. The highest BCUT2D eigenvalue weighted by atomic mass is 19.4. The molecule has 1 unspecified atom stereocenters. The van der Waals surface area contributed by atoms with Gasteiger partial charge in [0.25, 0.3) is 5.56 Å². The van der Waals surface area contributed by atoms with E-state index in [9.17, 15) is 37.8 Å². The van der Waals surface area contributed by atoms with Gasteiger partial charge in [-0.05, 0) is 41.5 Å². The molecule has 0 spiro atoms. The normalized spacial score (nSPS) is 11.9. The number of hydrogen-bond donors (Lipinski definition) is 4. The van der Waals surface area contributed by atoms with Crippen LogP contribution < -0.4 is 25.7 Å². The Balaban J connectivity index is 1.91. The minimum atomic E-state index is -4.85. The van der Waals surface area contributed by atoms with E-state index < -0.39 is 53.6 Å². The van der Waals surface area contributed by atoms with Gasteiger partial charge in [0.2, 0.25) is 0 Å². The number of aromatic hydroxyl groups is 1. The molecule has 1 heterocycles. The van der Waals surface area contributed by atoms with E-state index in [1.165, 1.54) is 56.8 Å². The van der Waals surface area contributed by atoms with E-state index in [0.29, 0.717) is 22.4 Å². The number of ether oxygens (including phenoxy) is 2. The summed E-state index contributed by atoms with van der Waals surface area (Å²) < 4.78 is 47.8. The van der Waals surface area contributed by atoms with Crippen molar-refractivity contribution in [2.45, 2.75) is 18.8 Å². The Morgan fingerprint density at radius 3 is 2.38 bits per heavy atom. The number of carbonyl (C=O) groups excluding carboxylic acids is 1. The zero-order chi connectivity index (χ0) is 27.3. The highest BCUT2D eigenvalue weighted by Gasteiger charge is 2.31. The molecule has 4 N–H and O–H groups in total. The molecule has 3 rings (SSSR count). The van der Waals surface area contributed by atoms with Crippen molar-refractivity contribution < 1.29 is 42.4 Å². The Labute approximate surface area is 207 Å². The number of halogens is 3. The average molecular weight is 521 g/mol. The number of nitrogens with one attached hydrogen (secondary N) is 2. The number of methoxy groups -OCH3 is 1. The number of carbonyl (C=O) groups is 2. The molecule has 3 aromatic rings. The van der Waals surface area contributed by atoms with Gasteiger partial charge in [0.05, 0.1) is 19.6 Å². The van der Waals surface area contributed by atoms with Crippen molar-refractivity contribution in [1.29, 1.82) is 0 Å². The Morgan fingerprint density at radius 2 is 1.78 bits per heavy atom. The lowest BCUT2D eigenvalue weighted by atomic mass is 9.97. The maximum atomic E-state index is 12.6. The lowest BCUT2D eigenvalue weighted by Crippen LogP contribution is -2.36. The fraction of sp³-hybridized carbons (Fsp3) is 0.208. The number of nitrogens with zero attached hydrogens (tertiary/aromatic N) is 1. The van der Waals surface area contributed by atoms with Crippen molar-refractivity contribution in [2.75, 3.05) is 12.4 Å². The summed E-state index contributed by atoms with van der Waals surface area (Å²) in [6, 6.07) is 8.66.